The highest BCUT2D eigenvalue weighted by molar-refractivity contribution is 5.72. The second-order valence-electron chi connectivity index (χ2n) is 5.70. The van der Waals surface area contributed by atoms with Crippen molar-refractivity contribution in [2.24, 2.45) is 5.73 Å². The van der Waals surface area contributed by atoms with Crippen LogP contribution in [0, 0.1) is 0 Å². The largest absolute Gasteiger partial charge is 0.389 e. The molecule has 0 bridgehead atoms. The first-order valence-corrected chi connectivity index (χ1v) is 7.01. The highest BCUT2D eigenvalue weighted by atomic mass is 16.3. The van der Waals surface area contributed by atoms with E-state index in [0.717, 1.165) is 32.5 Å². The summed E-state index contributed by atoms with van der Waals surface area (Å²) in [7, 11) is 2.13. The van der Waals surface area contributed by atoms with Crippen molar-refractivity contribution in [3.63, 3.8) is 0 Å². The van der Waals surface area contributed by atoms with Crippen molar-refractivity contribution in [3.05, 3.63) is 24.3 Å². The Balaban J connectivity index is 1.97. The Hall–Kier alpha value is -1.26. The summed E-state index contributed by atoms with van der Waals surface area (Å²) in [4.78, 5) is 4.70. The molecule has 0 aliphatic carbocycles. The molecule has 4 heteroatoms. The molecule has 0 radical (unpaired) electrons. The number of likely N-dealkylation sites (N-methyl/N-ethyl adjacent to an activating group) is 1. The van der Waals surface area contributed by atoms with E-state index in [-0.39, 0.29) is 0 Å². The summed E-state index contributed by atoms with van der Waals surface area (Å²) in [5.41, 5.74) is 7.41. The molecule has 0 aromatic heterocycles. The number of hydrogen-bond donors (Lipinski definition) is 2. The fourth-order valence-corrected chi connectivity index (χ4v) is 2.55. The Morgan fingerprint density at radius 1 is 1.26 bits per heavy atom. The molecule has 1 aromatic rings. The molecule has 0 amide bonds. The fourth-order valence-electron chi connectivity index (χ4n) is 2.55. The summed E-state index contributed by atoms with van der Waals surface area (Å²) in [6.45, 7) is 5.20. The number of nitrogens with zero attached hydrogens (tertiary/aromatic N) is 2. The number of fused-ring (bicyclic) bond motifs is 1. The summed E-state index contributed by atoms with van der Waals surface area (Å²) >= 11 is 0. The standard InChI is InChI=1S/C15H25N3O/c1-15(19,12-16)8-5-9-18-11-10-17(2)13-6-3-4-7-14(13)18/h3-4,6-7,19H,5,8-12,16H2,1-2H3. The highest BCUT2D eigenvalue weighted by Crippen LogP contribution is 2.31. The molecule has 3 N–H and O–H groups in total. The predicted molar refractivity (Wildman–Crippen MR) is 80.8 cm³/mol. The van der Waals surface area contributed by atoms with Gasteiger partial charge in [0.25, 0.3) is 0 Å². The van der Waals surface area contributed by atoms with Gasteiger partial charge in [-0.3, -0.25) is 0 Å². The molecule has 0 saturated heterocycles. The summed E-state index contributed by atoms with van der Waals surface area (Å²) in [5.74, 6) is 0. The zero-order valence-corrected chi connectivity index (χ0v) is 12.0. The summed E-state index contributed by atoms with van der Waals surface area (Å²) in [5, 5.41) is 9.94. The van der Waals surface area contributed by atoms with E-state index in [1.165, 1.54) is 11.4 Å². The van der Waals surface area contributed by atoms with Gasteiger partial charge in [-0.15, -0.1) is 0 Å². The summed E-state index contributed by atoms with van der Waals surface area (Å²) < 4.78 is 0. The van der Waals surface area contributed by atoms with Crippen molar-refractivity contribution < 1.29 is 5.11 Å². The van der Waals surface area contributed by atoms with E-state index in [1.54, 1.807) is 0 Å². The topological polar surface area (TPSA) is 52.7 Å². The molecule has 1 aliphatic rings. The van der Waals surface area contributed by atoms with E-state index in [2.05, 4.69) is 41.1 Å². The minimum Gasteiger partial charge on any atom is -0.389 e. The molecule has 1 unspecified atom stereocenters. The van der Waals surface area contributed by atoms with Gasteiger partial charge in [-0.25, -0.2) is 0 Å². The molecule has 1 heterocycles. The third-order valence-electron chi connectivity index (χ3n) is 3.92. The number of rotatable bonds is 5. The molecule has 1 aromatic carbocycles. The molecular formula is C15H25N3O. The monoisotopic (exact) mass is 263 g/mol. The van der Waals surface area contributed by atoms with Crippen LogP contribution in [0.25, 0.3) is 0 Å². The highest BCUT2D eigenvalue weighted by Gasteiger charge is 2.21. The van der Waals surface area contributed by atoms with Gasteiger partial charge < -0.3 is 20.6 Å². The van der Waals surface area contributed by atoms with E-state index in [1.807, 2.05) is 6.92 Å². The van der Waals surface area contributed by atoms with Crippen LogP contribution >= 0.6 is 0 Å². The van der Waals surface area contributed by atoms with E-state index in [0.29, 0.717) is 6.54 Å². The average molecular weight is 263 g/mol. The van der Waals surface area contributed by atoms with E-state index in [4.69, 9.17) is 5.73 Å². The minimum absolute atomic E-state index is 0.326. The fraction of sp³-hybridized carbons (Fsp3) is 0.600. The Morgan fingerprint density at radius 2 is 1.95 bits per heavy atom. The van der Waals surface area contributed by atoms with Crippen LogP contribution in [0.15, 0.2) is 24.3 Å². The minimum atomic E-state index is -0.730. The quantitative estimate of drug-likeness (QED) is 0.844. The lowest BCUT2D eigenvalue weighted by atomic mass is 10.00. The van der Waals surface area contributed by atoms with Gasteiger partial charge in [0.15, 0.2) is 0 Å². The third-order valence-corrected chi connectivity index (χ3v) is 3.92. The van der Waals surface area contributed by atoms with Crippen LogP contribution in [-0.2, 0) is 0 Å². The Morgan fingerprint density at radius 3 is 2.63 bits per heavy atom. The van der Waals surface area contributed by atoms with Crippen molar-refractivity contribution >= 4 is 11.4 Å². The van der Waals surface area contributed by atoms with Gasteiger partial charge in [0, 0.05) is 33.2 Å². The first-order valence-electron chi connectivity index (χ1n) is 7.01. The van der Waals surface area contributed by atoms with Crippen LogP contribution in [0.5, 0.6) is 0 Å². The first kappa shape index (κ1) is 14.2. The maximum atomic E-state index is 9.94. The van der Waals surface area contributed by atoms with E-state index in [9.17, 15) is 5.11 Å². The number of para-hydroxylation sites is 2. The first-order chi connectivity index (χ1) is 9.03. The normalized spacial score (nSPS) is 18.1. The van der Waals surface area contributed by atoms with Gasteiger partial charge in [0.2, 0.25) is 0 Å². The van der Waals surface area contributed by atoms with Crippen molar-refractivity contribution in [1.29, 1.82) is 0 Å². The van der Waals surface area contributed by atoms with Gasteiger partial charge in [0.1, 0.15) is 0 Å². The Labute approximate surface area is 115 Å². The molecule has 2 rings (SSSR count). The molecule has 4 nitrogen and oxygen atoms in total. The van der Waals surface area contributed by atoms with Gasteiger partial charge >= 0.3 is 0 Å². The molecule has 1 atom stereocenters. The molecule has 0 fully saturated rings. The van der Waals surface area contributed by atoms with Crippen LogP contribution in [-0.4, -0.2) is 43.9 Å². The molecule has 106 valence electrons. The molecule has 0 spiro atoms. The summed E-state index contributed by atoms with van der Waals surface area (Å²) in [6.07, 6.45) is 1.71. The maximum absolute atomic E-state index is 9.94. The van der Waals surface area contributed by atoms with Gasteiger partial charge in [-0.05, 0) is 31.9 Å². The van der Waals surface area contributed by atoms with Gasteiger partial charge in [-0.2, -0.15) is 0 Å². The average Bonchev–Trinajstić information content (AvgIpc) is 2.42. The number of anilines is 2. The third kappa shape index (κ3) is 3.39. The molecule has 0 saturated carbocycles. The number of benzene rings is 1. The Bertz CT molecular complexity index is 420. The zero-order valence-electron chi connectivity index (χ0n) is 12.0. The van der Waals surface area contributed by atoms with Crippen molar-refractivity contribution in [3.8, 4) is 0 Å². The van der Waals surface area contributed by atoms with E-state index >= 15 is 0 Å². The lowest BCUT2D eigenvalue weighted by Crippen LogP contribution is -2.40. The van der Waals surface area contributed by atoms with Crippen LogP contribution in [0.4, 0.5) is 11.4 Å². The molecule has 19 heavy (non-hydrogen) atoms. The second kappa shape index (κ2) is 5.80. The molecular weight excluding hydrogens is 238 g/mol. The van der Waals surface area contributed by atoms with Gasteiger partial charge in [-0.1, -0.05) is 12.1 Å². The number of aliphatic hydroxyl groups is 1. The van der Waals surface area contributed by atoms with E-state index < -0.39 is 5.60 Å². The lowest BCUT2D eigenvalue weighted by molar-refractivity contribution is 0.0584. The number of hydrogen-bond acceptors (Lipinski definition) is 4. The predicted octanol–water partition coefficient (Wildman–Crippen LogP) is 1.43. The van der Waals surface area contributed by atoms with Crippen molar-refractivity contribution in [2.45, 2.75) is 25.4 Å². The maximum Gasteiger partial charge on any atom is 0.0742 e. The van der Waals surface area contributed by atoms with Crippen LogP contribution in [0.1, 0.15) is 19.8 Å². The smallest absolute Gasteiger partial charge is 0.0742 e. The SMILES string of the molecule is CN1CCN(CCCC(C)(O)CN)c2ccccc21. The second-order valence-corrected chi connectivity index (χ2v) is 5.70. The van der Waals surface area contributed by atoms with Crippen LogP contribution in [0.2, 0.25) is 0 Å². The van der Waals surface area contributed by atoms with Crippen LogP contribution < -0.4 is 15.5 Å². The zero-order chi connectivity index (χ0) is 13.9. The van der Waals surface area contributed by atoms with Crippen LogP contribution in [0.3, 0.4) is 0 Å². The summed E-state index contributed by atoms with van der Waals surface area (Å²) in [6, 6.07) is 8.50. The van der Waals surface area contributed by atoms with Gasteiger partial charge in [0.05, 0.1) is 17.0 Å². The number of nitrogens with two attached hydrogens (primary N) is 1. The molecule has 1 aliphatic heterocycles. The van der Waals surface area contributed by atoms with Crippen molar-refractivity contribution in [1.82, 2.24) is 0 Å². The Kier molecular flexibility index (Phi) is 4.32. The lowest BCUT2D eigenvalue weighted by Gasteiger charge is -2.37. The van der Waals surface area contributed by atoms with Crippen molar-refractivity contribution in [2.75, 3.05) is 43.0 Å².